The smallest absolute Gasteiger partial charge is 0.246 e. The summed E-state index contributed by atoms with van der Waals surface area (Å²) < 4.78 is 10.7. The summed E-state index contributed by atoms with van der Waals surface area (Å²) in [6.45, 7) is 8.80. The largest absolute Gasteiger partial charge is 0.380 e. The van der Waals surface area contributed by atoms with Gasteiger partial charge in [-0.1, -0.05) is 13.8 Å². The Kier molecular flexibility index (Phi) is 7.16. The third kappa shape index (κ3) is 7.31. The van der Waals surface area contributed by atoms with E-state index in [2.05, 4.69) is 24.5 Å². The molecule has 5 nitrogen and oxygen atoms in total. The molecule has 5 heteroatoms. The van der Waals surface area contributed by atoms with Crippen LogP contribution >= 0.6 is 0 Å². The van der Waals surface area contributed by atoms with Crippen LogP contribution in [0.4, 0.5) is 0 Å². The first-order valence-corrected chi connectivity index (χ1v) is 6.31. The number of amides is 1. The summed E-state index contributed by atoms with van der Waals surface area (Å²) >= 11 is 0. The lowest BCUT2D eigenvalue weighted by atomic mass is 10.1. The lowest BCUT2D eigenvalue weighted by Gasteiger charge is -2.14. The first kappa shape index (κ1) is 14.4. The summed E-state index contributed by atoms with van der Waals surface area (Å²) in [6, 6.07) is 0. The monoisotopic (exact) mass is 244 g/mol. The second kappa shape index (κ2) is 8.44. The molecule has 0 spiro atoms. The molecule has 0 aromatic heterocycles. The van der Waals surface area contributed by atoms with E-state index in [9.17, 15) is 4.79 Å². The Morgan fingerprint density at radius 3 is 3.18 bits per heavy atom. The SMILES string of the molecule is CC(C)COCC(=O)NCC1CNCCOC1. The van der Waals surface area contributed by atoms with E-state index >= 15 is 0 Å². The minimum absolute atomic E-state index is 0.0464. The minimum atomic E-state index is -0.0464. The van der Waals surface area contributed by atoms with Crippen LogP contribution in [-0.2, 0) is 14.3 Å². The zero-order valence-corrected chi connectivity index (χ0v) is 10.8. The highest BCUT2D eigenvalue weighted by Gasteiger charge is 2.13. The molecule has 0 saturated carbocycles. The Balaban J connectivity index is 2.05. The van der Waals surface area contributed by atoms with Gasteiger partial charge in [0, 0.05) is 32.2 Å². The maximum atomic E-state index is 11.5. The van der Waals surface area contributed by atoms with Crippen molar-refractivity contribution in [3.05, 3.63) is 0 Å². The molecule has 0 aromatic carbocycles. The fraction of sp³-hybridized carbons (Fsp3) is 0.917. The van der Waals surface area contributed by atoms with Crippen molar-refractivity contribution in [2.24, 2.45) is 11.8 Å². The van der Waals surface area contributed by atoms with Crippen LogP contribution in [0.5, 0.6) is 0 Å². The molecule has 0 aliphatic carbocycles. The third-order valence-corrected chi connectivity index (χ3v) is 2.48. The van der Waals surface area contributed by atoms with Crippen molar-refractivity contribution in [2.45, 2.75) is 13.8 Å². The fourth-order valence-electron chi connectivity index (χ4n) is 1.59. The molecule has 1 fully saturated rings. The second-order valence-corrected chi connectivity index (χ2v) is 4.86. The lowest BCUT2D eigenvalue weighted by Crippen LogP contribution is -2.37. The fourth-order valence-corrected chi connectivity index (χ4v) is 1.59. The van der Waals surface area contributed by atoms with E-state index in [4.69, 9.17) is 9.47 Å². The van der Waals surface area contributed by atoms with Gasteiger partial charge in [0.1, 0.15) is 6.61 Å². The van der Waals surface area contributed by atoms with Gasteiger partial charge in [-0.2, -0.15) is 0 Å². The van der Waals surface area contributed by atoms with E-state index in [1.165, 1.54) is 0 Å². The molecular weight excluding hydrogens is 220 g/mol. The maximum Gasteiger partial charge on any atom is 0.246 e. The molecule has 1 rings (SSSR count). The quantitative estimate of drug-likeness (QED) is 0.691. The highest BCUT2D eigenvalue weighted by atomic mass is 16.5. The van der Waals surface area contributed by atoms with Crippen molar-refractivity contribution in [1.82, 2.24) is 10.6 Å². The van der Waals surface area contributed by atoms with Gasteiger partial charge in [-0.3, -0.25) is 4.79 Å². The Labute approximate surface area is 103 Å². The standard InChI is InChI=1S/C12H24N2O3/c1-10(2)7-17-9-12(15)14-6-11-5-13-3-4-16-8-11/h10-11,13H,3-9H2,1-2H3,(H,14,15). The van der Waals surface area contributed by atoms with Crippen LogP contribution in [0.1, 0.15) is 13.8 Å². The lowest BCUT2D eigenvalue weighted by molar-refractivity contribution is -0.126. The predicted octanol–water partition coefficient (Wildman–Crippen LogP) is 0.0112. The molecule has 0 bridgehead atoms. The summed E-state index contributed by atoms with van der Waals surface area (Å²) in [5, 5.41) is 6.14. The van der Waals surface area contributed by atoms with Crippen LogP contribution in [-0.4, -0.2) is 52.0 Å². The number of hydrogen-bond donors (Lipinski definition) is 2. The third-order valence-electron chi connectivity index (χ3n) is 2.48. The van der Waals surface area contributed by atoms with Gasteiger partial charge in [-0.05, 0) is 5.92 Å². The van der Waals surface area contributed by atoms with E-state index < -0.39 is 0 Å². The number of rotatable bonds is 6. The Morgan fingerprint density at radius 1 is 1.59 bits per heavy atom. The van der Waals surface area contributed by atoms with Crippen LogP contribution in [0.15, 0.2) is 0 Å². The van der Waals surface area contributed by atoms with Crippen molar-refractivity contribution in [3.8, 4) is 0 Å². The molecule has 0 aromatic rings. The summed E-state index contributed by atoms with van der Waals surface area (Å²) in [5.74, 6) is 0.767. The van der Waals surface area contributed by atoms with Crippen LogP contribution in [0.25, 0.3) is 0 Å². The molecular formula is C12H24N2O3. The van der Waals surface area contributed by atoms with Crippen molar-refractivity contribution in [1.29, 1.82) is 0 Å². The van der Waals surface area contributed by atoms with E-state index in [0.29, 0.717) is 31.6 Å². The average Bonchev–Trinajstić information content (AvgIpc) is 2.54. The summed E-state index contributed by atoms with van der Waals surface area (Å²) in [5.41, 5.74) is 0. The van der Waals surface area contributed by atoms with Crippen molar-refractivity contribution >= 4 is 5.91 Å². The number of hydrogen-bond acceptors (Lipinski definition) is 4. The molecule has 1 aliphatic heterocycles. The number of nitrogens with one attached hydrogen (secondary N) is 2. The summed E-state index contributed by atoms with van der Waals surface area (Å²) in [6.07, 6.45) is 0. The zero-order chi connectivity index (χ0) is 12.5. The van der Waals surface area contributed by atoms with Gasteiger partial charge in [0.05, 0.1) is 13.2 Å². The van der Waals surface area contributed by atoms with E-state index in [1.807, 2.05) is 0 Å². The highest BCUT2D eigenvalue weighted by Crippen LogP contribution is 1.98. The van der Waals surface area contributed by atoms with Crippen molar-refractivity contribution < 1.29 is 14.3 Å². The molecule has 1 atom stereocenters. The Bertz CT molecular complexity index is 214. The van der Waals surface area contributed by atoms with Gasteiger partial charge in [0.25, 0.3) is 0 Å². The molecule has 1 amide bonds. The first-order chi connectivity index (χ1) is 8.18. The van der Waals surface area contributed by atoms with Gasteiger partial charge in [-0.25, -0.2) is 0 Å². The molecule has 2 N–H and O–H groups in total. The number of ether oxygens (including phenoxy) is 2. The van der Waals surface area contributed by atoms with Gasteiger partial charge < -0.3 is 20.1 Å². The van der Waals surface area contributed by atoms with Gasteiger partial charge in [-0.15, -0.1) is 0 Å². The maximum absolute atomic E-state index is 11.5. The first-order valence-electron chi connectivity index (χ1n) is 6.31. The van der Waals surface area contributed by atoms with Gasteiger partial charge in [0.15, 0.2) is 0 Å². The predicted molar refractivity (Wildman–Crippen MR) is 65.8 cm³/mol. The molecule has 100 valence electrons. The van der Waals surface area contributed by atoms with Crippen LogP contribution in [0.2, 0.25) is 0 Å². The highest BCUT2D eigenvalue weighted by molar-refractivity contribution is 5.77. The van der Waals surface area contributed by atoms with Gasteiger partial charge in [0.2, 0.25) is 5.91 Å². The minimum Gasteiger partial charge on any atom is -0.380 e. The van der Waals surface area contributed by atoms with E-state index in [-0.39, 0.29) is 12.5 Å². The topological polar surface area (TPSA) is 59.6 Å². The van der Waals surface area contributed by atoms with Crippen molar-refractivity contribution in [2.75, 3.05) is 46.1 Å². The van der Waals surface area contributed by atoms with E-state index in [1.54, 1.807) is 0 Å². The van der Waals surface area contributed by atoms with Crippen LogP contribution < -0.4 is 10.6 Å². The van der Waals surface area contributed by atoms with Crippen LogP contribution in [0, 0.1) is 11.8 Å². The Hall–Kier alpha value is -0.650. The normalized spacial score (nSPS) is 21.2. The molecule has 1 saturated heterocycles. The Morgan fingerprint density at radius 2 is 2.41 bits per heavy atom. The number of carbonyl (C=O) groups is 1. The molecule has 1 heterocycles. The average molecular weight is 244 g/mol. The summed E-state index contributed by atoms with van der Waals surface area (Å²) in [4.78, 5) is 11.5. The molecule has 1 aliphatic rings. The molecule has 17 heavy (non-hydrogen) atoms. The van der Waals surface area contributed by atoms with Crippen molar-refractivity contribution in [3.63, 3.8) is 0 Å². The molecule has 0 radical (unpaired) electrons. The number of carbonyl (C=O) groups excluding carboxylic acids is 1. The summed E-state index contributed by atoms with van der Waals surface area (Å²) in [7, 11) is 0. The van der Waals surface area contributed by atoms with E-state index in [0.717, 1.165) is 19.7 Å². The van der Waals surface area contributed by atoms with Crippen LogP contribution in [0.3, 0.4) is 0 Å². The van der Waals surface area contributed by atoms with Gasteiger partial charge >= 0.3 is 0 Å². The molecule has 1 unspecified atom stereocenters. The zero-order valence-electron chi connectivity index (χ0n) is 10.8. The second-order valence-electron chi connectivity index (χ2n) is 4.86.